The topological polar surface area (TPSA) is 43.1 Å². The zero-order chi connectivity index (χ0) is 12.5. The lowest BCUT2D eigenvalue weighted by Gasteiger charge is -1.94. The van der Waals surface area contributed by atoms with E-state index in [1.54, 1.807) is 36.4 Å². The fraction of sp³-hybridized carbons (Fsp3) is 0. The van der Waals surface area contributed by atoms with Gasteiger partial charge in [-0.05, 0) is 24.3 Å². The second-order valence-corrected chi connectivity index (χ2v) is 4.31. The predicted octanol–water partition coefficient (Wildman–Crippen LogP) is 3.96. The Morgan fingerprint density at radius 3 is 2.61 bits per heavy atom. The third-order valence-electron chi connectivity index (χ3n) is 2.64. The Kier molecular flexibility index (Phi) is 2.61. The number of hydrogen-bond donors (Lipinski definition) is 0. The van der Waals surface area contributed by atoms with Crippen molar-refractivity contribution in [3.63, 3.8) is 0 Å². The SMILES string of the molecule is O=Cc1ccc(-c2nc3ccc(Cl)cc3o2)cc1. The lowest BCUT2D eigenvalue weighted by atomic mass is 10.1. The van der Waals surface area contributed by atoms with Gasteiger partial charge in [-0.15, -0.1) is 0 Å². The molecule has 3 aromatic rings. The summed E-state index contributed by atoms with van der Waals surface area (Å²) in [7, 11) is 0. The highest BCUT2D eigenvalue weighted by Crippen LogP contribution is 2.26. The monoisotopic (exact) mass is 257 g/mol. The molecule has 0 aliphatic heterocycles. The molecule has 3 nitrogen and oxygen atoms in total. The van der Waals surface area contributed by atoms with E-state index in [-0.39, 0.29) is 0 Å². The molecule has 3 rings (SSSR count). The third kappa shape index (κ3) is 1.89. The van der Waals surface area contributed by atoms with Crippen LogP contribution in [0.3, 0.4) is 0 Å². The van der Waals surface area contributed by atoms with E-state index in [9.17, 15) is 4.79 Å². The Labute approximate surface area is 108 Å². The van der Waals surface area contributed by atoms with E-state index in [0.717, 1.165) is 17.4 Å². The Bertz CT molecular complexity index is 716. The zero-order valence-electron chi connectivity index (χ0n) is 9.26. The summed E-state index contributed by atoms with van der Waals surface area (Å²) in [4.78, 5) is 14.9. The standard InChI is InChI=1S/C14H8ClNO2/c15-11-5-6-12-13(7-11)18-14(16-12)10-3-1-9(8-17)2-4-10/h1-8H. The van der Waals surface area contributed by atoms with Crippen LogP contribution in [0.1, 0.15) is 10.4 Å². The number of oxazole rings is 1. The Morgan fingerprint density at radius 2 is 1.89 bits per heavy atom. The molecule has 0 amide bonds. The van der Waals surface area contributed by atoms with Gasteiger partial charge in [-0.1, -0.05) is 23.7 Å². The van der Waals surface area contributed by atoms with Crippen molar-refractivity contribution in [3.05, 3.63) is 53.1 Å². The maximum Gasteiger partial charge on any atom is 0.227 e. The molecule has 0 atom stereocenters. The number of hydrogen-bond acceptors (Lipinski definition) is 3. The zero-order valence-corrected chi connectivity index (χ0v) is 10.0. The second-order valence-electron chi connectivity index (χ2n) is 3.87. The van der Waals surface area contributed by atoms with E-state index >= 15 is 0 Å². The van der Waals surface area contributed by atoms with Crippen LogP contribution in [0, 0.1) is 0 Å². The fourth-order valence-electron chi connectivity index (χ4n) is 1.73. The number of nitrogens with zero attached hydrogens (tertiary/aromatic N) is 1. The van der Waals surface area contributed by atoms with Crippen LogP contribution < -0.4 is 0 Å². The van der Waals surface area contributed by atoms with Crippen molar-refractivity contribution in [1.82, 2.24) is 4.98 Å². The van der Waals surface area contributed by atoms with Crippen molar-refractivity contribution in [3.8, 4) is 11.5 Å². The maximum atomic E-state index is 10.6. The molecule has 0 unspecified atom stereocenters. The van der Waals surface area contributed by atoms with Crippen molar-refractivity contribution in [1.29, 1.82) is 0 Å². The Balaban J connectivity index is 2.10. The van der Waals surface area contributed by atoms with Gasteiger partial charge in [0.2, 0.25) is 5.89 Å². The predicted molar refractivity (Wildman–Crippen MR) is 69.8 cm³/mol. The molecular formula is C14H8ClNO2. The number of aromatic nitrogens is 1. The minimum atomic E-state index is 0.518. The van der Waals surface area contributed by atoms with Crippen LogP contribution in [-0.2, 0) is 0 Å². The summed E-state index contributed by atoms with van der Waals surface area (Å²) in [6.07, 6.45) is 0.801. The van der Waals surface area contributed by atoms with E-state index in [1.807, 2.05) is 6.07 Å². The number of aldehydes is 1. The molecule has 0 aliphatic carbocycles. The molecule has 0 N–H and O–H groups in total. The summed E-state index contributed by atoms with van der Waals surface area (Å²) in [6.45, 7) is 0. The first-order chi connectivity index (χ1) is 8.76. The number of rotatable bonds is 2. The van der Waals surface area contributed by atoms with E-state index < -0.39 is 0 Å². The molecule has 18 heavy (non-hydrogen) atoms. The minimum Gasteiger partial charge on any atom is -0.436 e. The van der Waals surface area contributed by atoms with Crippen LogP contribution in [-0.4, -0.2) is 11.3 Å². The normalized spacial score (nSPS) is 10.7. The van der Waals surface area contributed by atoms with Crippen LogP contribution in [0.15, 0.2) is 46.9 Å². The molecule has 0 spiro atoms. The molecule has 1 heterocycles. The highest BCUT2D eigenvalue weighted by Gasteiger charge is 2.08. The first-order valence-corrected chi connectivity index (χ1v) is 5.76. The maximum absolute atomic E-state index is 10.6. The average molecular weight is 258 g/mol. The smallest absolute Gasteiger partial charge is 0.227 e. The van der Waals surface area contributed by atoms with Gasteiger partial charge in [-0.3, -0.25) is 4.79 Å². The van der Waals surface area contributed by atoms with E-state index in [4.69, 9.17) is 16.0 Å². The van der Waals surface area contributed by atoms with Crippen LogP contribution in [0.25, 0.3) is 22.6 Å². The molecule has 0 saturated carbocycles. The molecule has 0 radical (unpaired) electrons. The lowest BCUT2D eigenvalue weighted by molar-refractivity contribution is 0.112. The van der Waals surface area contributed by atoms with E-state index in [1.165, 1.54) is 0 Å². The van der Waals surface area contributed by atoms with Crippen LogP contribution in [0.4, 0.5) is 0 Å². The minimum absolute atomic E-state index is 0.518. The molecule has 0 aliphatic rings. The van der Waals surface area contributed by atoms with Crippen molar-refractivity contribution in [2.75, 3.05) is 0 Å². The lowest BCUT2D eigenvalue weighted by Crippen LogP contribution is -1.80. The molecule has 88 valence electrons. The second kappa shape index (κ2) is 4.27. The van der Waals surface area contributed by atoms with E-state index in [2.05, 4.69) is 4.98 Å². The number of benzene rings is 2. The van der Waals surface area contributed by atoms with Crippen molar-refractivity contribution in [2.24, 2.45) is 0 Å². The van der Waals surface area contributed by atoms with Gasteiger partial charge in [0.05, 0.1) is 0 Å². The first-order valence-electron chi connectivity index (χ1n) is 5.38. The number of halogens is 1. The summed E-state index contributed by atoms with van der Waals surface area (Å²) in [5, 5.41) is 0.613. The largest absolute Gasteiger partial charge is 0.436 e. The first kappa shape index (κ1) is 11.0. The van der Waals surface area contributed by atoms with Gasteiger partial charge >= 0.3 is 0 Å². The molecule has 0 saturated heterocycles. The van der Waals surface area contributed by atoms with Crippen molar-refractivity contribution < 1.29 is 9.21 Å². The highest BCUT2D eigenvalue weighted by atomic mass is 35.5. The molecule has 4 heteroatoms. The summed E-state index contributed by atoms with van der Waals surface area (Å²) in [6, 6.07) is 12.4. The summed E-state index contributed by atoms with van der Waals surface area (Å²) >= 11 is 5.89. The molecular weight excluding hydrogens is 250 g/mol. The number of carbonyl (C=O) groups is 1. The fourth-order valence-corrected chi connectivity index (χ4v) is 1.89. The highest BCUT2D eigenvalue weighted by molar-refractivity contribution is 6.31. The number of fused-ring (bicyclic) bond motifs is 1. The van der Waals surface area contributed by atoms with Gasteiger partial charge in [-0.2, -0.15) is 0 Å². The number of carbonyl (C=O) groups excluding carboxylic acids is 1. The van der Waals surface area contributed by atoms with Gasteiger partial charge in [0.15, 0.2) is 5.58 Å². The third-order valence-corrected chi connectivity index (χ3v) is 2.88. The van der Waals surface area contributed by atoms with Crippen LogP contribution in [0.2, 0.25) is 5.02 Å². The Hall–Kier alpha value is -2.13. The van der Waals surface area contributed by atoms with Crippen LogP contribution >= 0.6 is 11.6 Å². The summed E-state index contributed by atoms with van der Waals surface area (Å²) < 4.78 is 5.62. The quantitative estimate of drug-likeness (QED) is 0.653. The molecule has 1 aromatic heterocycles. The van der Waals surface area contributed by atoms with Gasteiger partial charge in [-0.25, -0.2) is 4.98 Å². The van der Waals surface area contributed by atoms with Gasteiger partial charge in [0.25, 0.3) is 0 Å². The summed E-state index contributed by atoms with van der Waals surface area (Å²) in [5.74, 6) is 0.518. The van der Waals surface area contributed by atoms with Gasteiger partial charge in [0, 0.05) is 22.2 Å². The van der Waals surface area contributed by atoms with Gasteiger partial charge < -0.3 is 4.42 Å². The van der Waals surface area contributed by atoms with E-state index in [0.29, 0.717) is 22.1 Å². The summed E-state index contributed by atoms with van der Waals surface area (Å²) in [5.41, 5.74) is 2.86. The van der Waals surface area contributed by atoms with Gasteiger partial charge in [0.1, 0.15) is 11.8 Å². The van der Waals surface area contributed by atoms with Crippen molar-refractivity contribution >= 4 is 29.0 Å². The molecule has 0 bridgehead atoms. The average Bonchev–Trinajstić information content (AvgIpc) is 2.81. The molecule has 2 aromatic carbocycles. The van der Waals surface area contributed by atoms with Crippen LogP contribution in [0.5, 0.6) is 0 Å². The Morgan fingerprint density at radius 1 is 1.11 bits per heavy atom. The van der Waals surface area contributed by atoms with Crippen molar-refractivity contribution in [2.45, 2.75) is 0 Å². The molecule has 0 fully saturated rings.